The summed E-state index contributed by atoms with van der Waals surface area (Å²) in [5.41, 5.74) is 8.85. The fraction of sp³-hybridized carbons (Fsp3) is 0.294. The van der Waals surface area contributed by atoms with E-state index >= 15 is 0 Å². The minimum Gasteiger partial charge on any atom is -0.399 e. The van der Waals surface area contributed by atoms with Crippen molar-refractivity contribution in [1.29, 1.82) is 0 Å². The normalized spacial score (nSPS) is 16.1. The molecule has 3 rings (SSSR count). The highest BCUT2D eigenvalue weighted by Gasteiger charge is 2.17. The smallest absolute Gasteiger partial charge is 0.123 e. The van der Waals surface area contributed by atoms with Crippen LogP contribution in [0.15, 0.2) is 48.5 Å². The standard InChI is InChI=1S/C17H20FN3/c18-15-4-1-3-14(11-15)13-20-7-9-21(10-8-20)17-6-2-5-16(19)12-17/h1-6,11-12H,7-10,13,19H2. The van der Waals surface area contributed by atoms with Gasteiger partial charge in [0.05, 0.1) is 0 Å². The SMILES string of the molecule is Nc1cccc(N2CCN(Cc3cccc(F)c3)CC2)c1. The number of piperazine rings is 1. The van der Waals surface area contributed by atoms with Gasteiger partial charge in [0.2, 0.25) is 0 Å². The van der Waals surface area contributed by atoms with Crippen LogP contribution >= 0.6 is 0 Å². The number of nitrogens with two attached hydrogens (primary N) is 1. The van der Waals surface area contributed by atoms with Crippen molar-refractivity contribution in [3.63, 3.8) is 0 Å². The Balaban J connectivity index is 1.58. The first-order valence-corrected chi connectivity index (χ1v) is 7.28. The largest absolute Gasteiger partial charge is 0.399 e. The molecule has 1 heterocycles. The van der Waals surface area contributed by atoms with Gasteiger partial charge < -0.3 is 10.6 Å². The predicted octanol–water partition coefficient (Wildman–Crippen LogP) is 2.73. The topological polar surface area (TPSA) is 32.5 Å². The van der Waals surface area contributed by atoms with Crippen LogP contribution in [-0.4, -0.2) is 31.1 Å². The number of anilines is 2. The molecule has 0 aromatic heterocycles. The summed E-state index contributed by atoms with van der Waals surface area (Å²) in [6.07, 6.45) is 0. The van der Waals surface area contributed by atoms with Crippen LogP contribution < -0.4 is 10.6 Å². The van der Waals surface area contributed by atoms with Gasteiger partial charge >= 0.3 is 0 Å². The molecule has 4 heteroatoms. The molecular weight excluding hydrogens is 265 g/mol. The maximum Gasteiger partial charge on any atom is 0.123 e. The van der Waals surface area contributed by atoms with E-state index in [2.05, 4.69) is 15.9 Å². The molecule has 0 radical (unpaired) electrons. The molecule has 1 saturated heterocycles. The maximum atomic E-state index is 13.2. The van der Waals surface area contributed by atoms with Crippen LogP contribution in [0, 0.1) is 5.82 Å². The molecule has 0 spiro atoms. The van der Waals surface area contributed by atoms with E-state index in [1.165, 1.54) is 11.8 Å². The Hall–Kier alpha value is -2.07. The molecule has 0 amide bonds. The number of nitrogen functional groups attached to an aromatic ring is 1. The van der Waals surface area contributed by atoms with Crippen molar-refractivity contribution >= 4 is 11.4 Å². The van der Waals surface area contributed by atoms with Gasteiger partial charge in [-0.2, -0.15) is 0 Å². The summed E-state index contributed by atoms with van der Waals surface area (Å²) in [5, 5.41) is 0. The zero-order valence-electron chi connectivity index (χ0n) is 12.0. The Labute approximate surface area is 124 Å². The van der Waals surface area contributed by atoms with Crippen molar-refractivity contribution < 1.29 is 4.39 Å². The van der Waals surface area contributed by atoms with Gasteiger partial charge in [-0.05, 0) is 35.9 Å². The highest BCUT2D eigenvalue weighted by Crippen LogP contribution is 2.19. The molecule has 0 saturated carbocycles. The molecule has 0 aliphatic carbocycles. The van der Waals surface area contributed by atoms with Crippen molar-refractivity contribution in [1.82, 2.24) is 4.90 Å². The van der Waals surface area contributed by atoms with Gasteiger partial charge in [0.1, 0.15) is 5.82 Å². The lowest BCUT2D eigenvalue weighted by atomic mass is 10.2. The molecule has 0 bridgehead atoms. The molecule has 2 aromatic carbocycles. The van der Waals surface area contributed by atoms with Gasteiger partial charge in [0.25, 0.3) is 0 Å². The first kappa shape index (κ1) is 13.9. The molecule has 0 unspecified atom stereocenters. The average molecular weight is 285 g/mol. The highest BCUT2D eigenvalue weighted by molar-refractivity contribution is 5.56. The third-order valence-corrected chi connectivity index (χ3v) is 3.90. The van der Waals surface area contributed by atoms with E-state index < -0.39 is 0 Å². The van der Waals surface area contributed by atoms with Crippen LogP contribution in [0.25, 0.3) is 0 Å². The fourth-order valence-corrected chi connectivity index (χ4v) is 2.78. The second kappa shape index (κ2) is 6.14. The highest BCUT2D eigenvalue weighted by atomic mass is 19.1. The molecule has 21 heavy (non-hydrogen) atoms. The third kappa shape index (κ3) is 3.52. The lowest BCUT2D eigenvalue weighted by Crippen LogP contribution is -2.46. The Morgan fingerprint density at radius 3 is 2.43 bits per heavy atom. The molecule has 1 fully saturated rings. The summed E-state index contributed by atoms with van der Waals surface area (Å²) in [6, 6.07) is 14.9. The van der Waals surface area contributed by atoms with Crippen molar-refractivity contribution in [2.45, 2.75) is 6.54 Å². The molecular formula is C17H20FN3. The molecule has 1 aliphatic heterocycles. The van der Waals surface area contributed by atoms with Crippen LogP contribution in [0.1, 0.15) is 5.56 Å². The van der Waals surface area contributed by atoms with Gasteiger partial charge in [0, 0.05) is 44.1 Å². The van der Waals surface area contributed by atoms with Crippen LogP contribution in [0.2, 0.25) is 0 Å². The lowest BCUT2D eigenvalue weighted by Gasteiger charge is -2.36. The lowest BCUT2D eigenvalue weighted by molar-refractivity contribution is 0.249. The molecule has 2 aromatic rings. The van der Waals surface area contributed by atoms with E-state index in [-0.39, 0.29) is 5.82 Å². The van der Waals surface area contributed by atoms with Gasteiger partial charge in [-0.1, -0.05) is 18.2 Å². The van der Waals surface area contributed by atoms with Crippen molar-refractivity contribution in [3.05, 3.63) is 59.9 Å². The zero-order chi connectivity index (χ0) is 14.7. The number of nitrogens with zero attached hydrogens (tertiary/aromatic N) is 2. The van der Waals surface area contributed by atoms with Crippen molar-refractivity contribution in [2.75, 3.05) is 36.8 Å². The number of rotatable bonds is 3. The van der Waals surface area contributed by atoms with Crippen LogP contribution in [0.5, 0.6) is 0 Å². The number of benzene rings is 2. The molecule has 3 nitrogen and oxygen atoms in total. The molecule has 110 valence electrons. The second-order valence-electron chi connectivity index (χ2n) is 5.49. The van der Waals surface area contributed by atoms with Gasteiger partial charge in [-0.25, -0.2) is 4.39 Å². The van der Waals surface area contributed by atoms with E-state index in [0.29, 0.717) is 0 Å². The minimum atomic E-state index is -0.161. The van der Waals surface area contributed by atoms with Crippen molar-refractivity contribution in [2.24, 2.45) is 0 Å². The zero-order valence-corrected chi connectivity index (χ0v) is 12.0. The Morgan fingerprint density at radius 1 is 0.952 bits per heavy atom. The Bertz CT molecular complexity index is 606. The molecule has 2 N–H and O–H groups in total. The van der Waals surface area contributed by atoms with E-state index in [0.717, 1.165) is 44.0 Å². The number of halogens is 1. The number of hydrogen-bond acceptors (Lipinski definition) is 3. The monoisotopic (exact) mass is 285 g/mol. The van der Waals surface area contributed by atoms with Crippen LogP contribution in [0.3, 0.4) is 0 Å². The van der Waals surface area contributed by atoms with Gasteiger partial charge in [-0.15, -0.1) is 0 Å². The third-order valence-electron chi connectivity index (χ3n) is 3.90. The van der Waals surface area contributed by atoms with E-state index in [4.69, 9.17) is 5.73 Å². The Morgan fingerprint density at radius 2 is 1.71 bits per heavy atom. The predicted molar refractivity (Wildman–Crippen MR) is 84.7 cm³/mol. The first-order valence-electron chi connectivity index (χ1n) is 7.28. The van der Waals surface area contributed by atoms with E-state index in [1.54, 1.807) is 12.1 Å². The van der Waals surface area contributed by atoms with Crippen molar-refractivity contribution in [3.8, 4) is 0 Å². The number of hydrogen-bond donors (Lipinski definition) is 1. The van der Waals surface area contributed by atoms with Gasteiger partial charge in [-0.3, -0.25) is 4.90 Å². The quantitative estimate of drug-likeness (QED) is 0.880. The van der Waals surface area contributed by atoms with E-state index in [9.17, 15) is 4.39 Å². The first-order chi connectivity index (χ1) is 10.2. The minimum absolute atomic E-state index is 0.161. The maximum absolute atomic E-state index is 13.2. The Kier molecular flexibility index (Phi) is 4.06. The summed E-state index contributed by atoms with van der Waals surface area (Å²) < 4.78 is 13.2. The summed E-state index contributed by atoms with van der Waals surface area (Å²) in [6.45, 7) is 4.71. The summed E-state index contributed by atoms with van der Waals surface area (Å²) in [4.78, 5) is 4.70. The average Bonchev–Trinajstić information content (AvgIpc) is 2.48. The molecule has 1 aliphatic rings. The van der Waals surface area contributed by atoms with Gasteiger partial charge in [0.15, 0.2) is 0 Å². The fourth-order valence-electron chi connectivity index (χ4n) is 2.78. The molecule has 0 atom stereocenters. The van der Waals surface area contributed by atoms with Crippen LogP contribution in [-0.2, 0) is 6.54 Å². The van der Waals surface area contributed by atoms with Crippen LogP contribution in [0.4, 0.5) is 15.8 Å². The van der Waals surface area contributed by atoms with E-state index in [1.807, 2.05) is 24.3 Å². The summed E-state index contributed by atoms with van der Waals surface area (Å²) in [7, 11) is 0. The summed E-state index contributed by atoms with van der Waals surface area (Å²) >= 11 is 0. The second-order valence-corrected chi connectivity index (χ2v) is 5.49. The summed E-state index contributed by atoms with van der Waals surface area (Å²) in [5.74, 6) is -0.161.